The molecule has 0 spiro atoms. The number of benzene rings is 1. The zero-order valence-corrected chi connectivity index (χ0v) is 18.9. The Bertz CT molecular complexity index is 901. The number of carbonyl (C=O) groups is 2. The highest BCUT2D eigenvalue weighted by Gasteiger charge is 2.57. The number of hydrogen-bond acceptors (Lipinski definition) is 5. The number of allylic oxidation sites excluding steroid dienone is 1. The van der Waals surface area contributed by atoms with Crippen LogP contribution in [0.5, 0.6) is 5.75 Å². The number of unbranched alkanes of at least 4 members (excludes halogenated alkanes) is 1. The van der Waals surface area contributed by atoms with Crippen molar-refractivity contribution in [3.63, 3.8) is 0 Å². The van der Waals surface area contributed by atoms with Gasteiger partial charge in [-0.3, -0.25) is 4.79 Å². The molecule has 0 aromatic heterocycles. The van der Waals surface area contributed by atoms with Gasteiger partial charge in [0, 0.05) is 11.0 Å². The number of esters is 1. The maximum Gasteiger partial charge on any atom is 0.373 e. The van der Waals surface area contributed by atoms with Gasteiger partial charge in [0.2, 0.25) is 5.76 Å². The Morgan fingerprint density at radius 3 is 2.81 bits per heavy atom. The summed E-state index contributed by atoms with van der Waals surface area (Å²) < 4.78 is 10.8. The van der Waals surface area contributed by atoms with E-state index in [4.69, 9.17) is 9.47 Å². The van der Waals surface area contributed by atoms with E-state index in [1.807, 2.05) is 6.92 Å². The molecule has 2 saturated carbocycles. The van der Waals surface area contributed by atoms with Crippen molar-refractivity contribution < 1.29 is 24.2 Å². The molecule has 0 heterocycles. The number of hydrogen-bond donors (Lipinski definition) is 1. The predicted octanol–water partition coefficient (Wildman–Crippen LogP) is 5.28. The van der Waals surface area contributed by atoms with Crippen LogP contribution < -0.4 is 4.74 Å². The molecule has 0 aliphatic heterocycles. The summed E-state index contributed by atoms with van der Waals surface area (Å²) in [6.45, 7) is 6.81. The Morgan fingerprint density at radius 2 is 2.06 bits per heavy atom. The number of aryl methyl sites for hydroxylation is 1. The van der Waals surface area contributed by atoms with E-state index in [0.29, 0.717) is 18.3 Å². The molecule has 4 rings (SSSR count). The fourth-order valence-electron chi connectivity index (χ4n) is 6.15. The van der Waals surface area contributed by atoms with Crippen molar-refractivity contribution in [2.45, 2.75) is 71.6 Å². The van der Waals surface area contributed by atoms with Gasteiger partial charge in [0.05, 0.1) is 13.2 Å². The molecule has 0 radical (unpaired) electrons. The van der Waals surface area contributed by atoms with Gasteiger partial charge in [-0.05, 0) is 86.5 Å². The SMILES string of the molecule is CCCCOc1ccc2c(c1)CCC1C2CC[C@]2(C)C(=O)/C(=C(\O)C(=O)OCC)CC12. The van der Waals surface area contributed by atoms with Crippen LogP contribution in [-0.2, 0) is 20.7 Å². The quantitative estimate of drug-likeness (QED) is 0.290. The first-order chi connectivity index (χ1) is 14.9. The number of ketones is 1. The standard InChI is InChI=1S/C26H34O5/c1-4-6-13-31-17-8-10-18-16(14-17)7-9-20-19(18)11-12-26(3)22(20)15-21(24(26)28)23(27)25(29)30-5-2/h8,10,14,19-20,22,27H,4-7,9,11-13,15H2,1-3H3/b23-21-/t19?,20?,22?,26-/m0/s1. The fourth-order valence-corrected chi connectivity index (χ4v) is 6.15. The van der Waals surface area contributed by atoms with E-state index < -0.39 is 17.1 Å². The number of aliphatic hydroxyl groups is 1. The van der Waals surface area contributed by atoms with Crippen LogP contribution in [0.3, 0.4) is 0 Å². The lowest BCUT2D eigenvalue weighted by molar-refractivity contribution is -0.142. The minimum absolute atomic E-state index is 0.0630. The molecule has 4 atom stereocenters. The summed E-state index contributed by atoms with van der Waals surface area (Å²) in [5, 5.41) is 10.4. The van der Waals surface area contributed by atoms with E-state index in [-0.39, 0.29) is 23.9 Å². The van der Waals surface area contributed by atoms with Crippen LogP contribution in [-0.4, -0.2) is 30.1 Å². The second kappa shape index (κ2) is 8.68. The molecule has 1 aromatic carbocycles. The first-order valence-corrected chi connectivity index (χ1v) is 11.8. The third-order valence-electron chi connectivity index (χ3n) is 7.83. The third kappa shape index (κ3) is 3.77. The van der Waals surface area contributed by atoms with E-state index in [1.54, 1.807) is 6.92 Å². The van der Waals surface area contributed by atoms with Gasteiger partial charge in [-0.15, -0.1) is 0 Å². The van der Waals surface area contributed by atoms with Crippen molar-refractivity contribution >= 4 is 11.8 Å². The van der Waals surface area contributed by atoms with E-state index >= 15 is 0 Å². The maximum absolute atomic E-state index is 13.3. The summed E-state index contributed by atoms with van der Waals surface area (Å²) in [6, 6.07) is 6.51. The minimum atomic E-state index is -0.783. The van der Waals surface area contributed by atoms with Gasteiger partial charge in [0.25, 0.3) is 0 Å². The van der Waals surface area contributed by atoms with Gasteiger partial charge in [0.15, 0.2) is 5.78 Å². The van der Waals surface area contributed by atoms with Crippen LogP contribution in [0.2, 0.25) is 0 Å². The van der Waals surface area contributed by atoms with Crippen LogP contribution in [0, 0.1) is 17.3 Å². The summed E-state index contributed by atoms with van der Waals surface area (Å²) in [4.78, 5) is 25.3. The fraction of sp³-hybridized carbons (Fsp3) is 0.615. The Labute approximate surface area is 184 Å². The molecule has 2 fully saturated rings. The average molecular weight is 427 g/mol. The van der Waals surface area contributed by atoms with Crippen LogP contribution in [0.15, 0.2) is 29.5 Å². The van der Waals surface area contributed by atoms with Crippen LogP contribution in [0.4, 0.5) is 0 Å². The van der Waals surface area contributed by atoms with Gasteiger partial charge >= 0.3 is 5.97 Å². The summed E-state index contributed by atoms with van der Waals surface area (Å²) in [5.74, 6) is 0.578. The predicted molar refractivity (Wildman–Crippen MR) is 118 cm³/mol. The number of fused-ring (bicyclic) bond motifs is 5. The number of aliphatic hydroxyl groups excluding tert-OH is 1. The Hall–Kier alpha value is -2.30. The third-order valence-corrected chi connectivity index (χ3v) is 7.83. The van der Waals surface area contributed by atoms with Crippen molar-refractivity contribution in [1.29, 1.82) is 0 Å². The molecule has 31 heavy (non-hydrogen) atoms. The topological polar surface area (TPSA) is 72.8 Å². The molecule has 1 N–H and O–H groups in total. The minimum Gasteiger partial charge on any atom is -0.502 e. The van der Waals surface area contributed by atoms with Crippen LogP contribution >= 0.6 is 0 Å². The first kappa shape index (κ1) is 21.9. The Morgan fingerprint density at radius 1 is 1.26 bits per heavy atom. The Balaban J connectivity index is 1.58. The largest absolute Gasteiger partial charge is 0.502 e. The Kier molecular flexibility index (Phi) is 6.14. The first-order valence-electron chi connectivity index (χ1n) is 11.8. The van der Waals surface area contributed by atoms with Gasteiger partial charge in [-0.1, -0.05) is 26.3 Å². The van der Waals surface area contributed by atoms with Gasteiger partial charge in [0.1, 0.15) is 5.75 Å². The number of ether oxygens (including phenoxy) is 2. The van der Waals surface area contributed by atoms with Gasteiger partial charge in [-0.2, -0.15) is 0 Å². The number of carbonyl (C=O) groups excluding carboxylic acids is 2. The molecule has 3 aliphatic rings. The molecule has 5 nitrogen and oxygen atoms in total. The molecule has 0 saturated heterocycles. The van der Waals surface area contributed by atoms with E-state index in [0.717, 1.165) is 50.9 Å². The maximum atomic E-state index is 13.3. The molecule has 3 unspecified atom stereocenters. The van der Waals surface area contributed by atoms with Crippen molar-refractivity contribution in [2.24, 2.45) is 17.3 Å². The van der Waals surface area contributed by atoms with Crippen molar-refractivity contribution in [3.8, 4) is 5.75 Å². The van der Waals surface area contributed by atoms with Crippen molar-refractivity contribution in [3.05, 3.63) is 40.7 Å². The molecule has 0 amide bonds. The average Bonchev–Trinajstić information content (AvgIpc) is 3.04. The number of rotatable bonds is 6. The van der Waals surface area contributed by atoms with Crippen LogP contribution in [0.25, 0.3) is 0 Å². The molecule has 1 aromatic rings. The zero-order chi connectivity index (χ0) is 22.2. The normalized spacial score (nSPS) is 30.8. The second-order valence-corrected chi connectivity index (χ2v) is 9.52. The molecular weight excluding hydrogens is 392 g/mol. The highest BCUT2D eigenvalue weighted by Crippen LogP contribution is 2.61. The van der Waals surface area contributed by atoms with E-state index in [1.165, 1.54) is 11.1 Å². The summed E-state index contributed by atoms with van der Waals surface area (Å²) in [6.07, 6.45) is 6.39. The van der Waals surface area contributed by atoms with E-state index in [9.17, 15) is 14.7 Å². The second-order valence-electron chi connectivity index (χ2n) is 9.52. The lowest BCUT2D eigenvalue weighted by atomic mass is 9.55. The summed E-state index contributed by atoms with van der Waals surface area (Å²) in [5.41, 5.74) is 2.53. The number of Topliss-reactive ketones (excluding diaryl/α,β-unsaturated/α-hetero) is 1. The van der Waals surface area contributed by atoms with Crippen molar-refractivity contribution in [1.82, 2.24) is 0 Å². The summed E-state index contributed by atoms with van der Waals surface area (Å²) in [7, 11) is 0. The zero-order valence-electron chi connectivity index (χ0n) is 18.9. The highest BCUT2D eigenvalue weighted by atomic mass is 16.5. The smallest absolute Gasteiger partial charge is 0.373 e. The lowest BCUT2D eigenvalue weighted by Crippen LogP contribution is -2.42. The molecule has 3 aliphatic carbocycles. The van der Waals surface area contributed by atoms with Gasteiger partial charge < -0.3 is 14.6 Å². The van der Waals surface area contributed by atoms with Crippen molar-refractivity contribution in [2.75, 3.05) is 13.2 Å². The monoisotopic (exact) mass is 426 g/mol. The lowest BCUT2D eigenvalue weighted by Gasteiger charge is -2.48. The summed E-state index contributed by atoms with van der Waals surface area (Å²) >= 11 is 0. The van der Waals surface area contributed by atoms with Gasteiger partial charge in [-0.25, -0.2) is 4.79 Å². The highest BCUT2D eigenvalue weighted by molar-refractivity contribution is 6.07. The molecule has 5 heteroatoms. The molecule has 168 valence electrons. The molecule has 0 bridgehead atoms. The van der Waals surface area contributed by atoms with E-state index in [2.05, 4.69) is 25.1 Å². The van der Waals surface area contributed by atoms with Crippen LogP contribution in [0.1, 0.15) is 76.3 Å². The molecular formula is C26H34O5.